The highest BCUT2D eigenvalue weighted by atomic mass is 16.5. The molecular formula is C31H46O4. The number of carbonyl (C=O) groups excluding carboxylic acids is 2. The van der Waals surface area contributed by atoms with Crippen LogP contribution in [0.4, 0.5) is 0 Å². The molecule has 0 radical (unpaired) electrons. The summed E-state index contributed by atoms with van der Waals surface area (Å²) in [7, 11) is 0. The quantitative estimate of drug-likeness (QED) is 0.271. The summed E-state index contributed by atoms with van der Waals surface area (Å²) in [6.07, 6.45) is 1.25. The standard InChI is InChI=1S/C28H38O4.C3H8/c1-16-12-18(17(2)29)13-22(28(9,10)11)24(16)32-25(31)19-14-20(26(3,4)5)23(30)21(15-19)27(6,7)8;1-3-2/h12-15,30H,1-11H3;3H2,1-2H3. The van der Waals surface area contributed by atoms with E-state index in [4.69, 9.17) is 4.74 Å². The minimum absolute atomic E-state index is 0.0281. The molecule has 0 aliphatic carbocycles. The molecule has 0 unspecified atom stereocenters. The number of ketones is 1. The van der Waals surface area contributed by atoms with Gasteiger partial charge in [-0.25, -0.2) is 4.79 Å². The molecule has 1 N–H and O–H groups in total. The molecule has 0 atom stereocenters. The first kappa shape index (κ1) is 30.4. The van der Waals surface area contributed by atoms with Gasteiger partial charge < -0.3 is 9.84 Å². The lowest BCUT2D eigenvalue weighted by Gasteiger charge is -2.28. The topological polar surface area (TPSA) is 63.6 Å². The molecule has 0 fully saturated rings. The normalized spacial score (nSPS) is 12.0. The number of esters is 1. The molecule has 2 aromatic carbocycles. The van der Waals surface area contributed by atoms with Crippen molar-refractivity contribution in [1.82, 2.24) is 0 Å². The highest BCUT2D eigenvalue weighted by Gasteiger charge is 2.29. The largest absolute Gasteiger partial charge is 0.507 e. The van der Waals surface area contributed by atoms with E-state index in [1.54, 1.807) is 18.2 Å². The third-order valence-corrected chi connectivity index (χ3v) is 5.65. The molecule has 4 heteroatoms. The molecule has 0 saturated heterocycles. The molecule has 0 aromatic heterocycles. The van der Waals surface area contributed by atoms with Crippen molar-refractivity contribution in [2.75, 3.05) is 0 Å². The number of phenols is 1. The van der Waals surface area contributed by atoms with E-state index in [2.05, 4.69) is 13.8 Å². The van der Waals surface area contributed by atoms with Crippen LogP contribution in [-0.2, 0) is 16.2 Å². The van der Waals surface area contributed by atoms with E-state index in [1.807, 2.05) is 75.3 Å². The summed E-state index contributed by atoms with van der Waals surface area (Å²) in [4.78, 5) is 25.4. The molecule has 0 aliphatic heterocycles. The summed E-state index contributed by atoms with van der Waals surface area (Å²) >= 11 is 0. The molecule has 0 spiro atoms. The van der Waals surface area contributed by atoms with Gasteiger partial charge in [0.2, 0.25) is 0 Å². The van der Waals surface area contributed by atoms with E-state index < -0.39 is 5.97 Å². The number of aromatic hydroxyl groups is 1. The maximum Gasteiger partial charge on any atom is 0.343 e. The van der Waals surface area contributed by atoms with Crippen molar-refractivity contribution >= 4 is 11.8 Å². The van der Waals surface area contributed by atoms with Gasteiger partial charge in [-0.1, -0.05) is 82.6 Å². The van der Waals surface area contributed by atoms with Crippen molar-refractivity contribution in [3.05, 3.63) is 57.6 Å². The van der Waals surface area contributed by atoms with Crippen LogP contribution in [0.5, 0.6) is 11.5 Å². The second kappa shape index (κ2) is 11.0. The first-order valence-electron chi connectivity index (χ1n) is 12.5. The molecule has 4 nitrogen and oxygen atoms in total. The number of phenolic OH excluding ortho intramolecular Hbond substituents is 1. The Kier molecular flexibility index (Phi) is 9.53. The fourth-order valence-corrected chi connectivity index (χ4v) is 3.72. The van der Waals surface area contributed by atoms with Gasteiger partial charge in [0.15, 0.2) is 5.78 Å². The Hall–Kier alpha value is -2.62. The number of hydrogen-bond acceptors (Lipinski definition) is 4. The Morgan fingerprint density at radius 3 is 1.46 bits per heavy atom. The van der Waals surface area contributed by atoms with E-state index in [-0.39, 0.29) is 27.8 Å². The van der Waals surface area contributed by atoms with Crippen LogP contribution >= 0.6 is 0 Å². The number of benzene rings is 2. The second-order valence-corrected chi connectivity index (χ2v) is 12.5. The van der Waals surface area contributed by atoms with Crippen LogP contribution in [0.2, 0.25) is 0 Å². The number of ether oxygens (including phenoxy) is 1. The molecule has 194 valence electrons. The Balaban J connectivity index is 0.00000194. The Morgan fingerprint density at radius 2 is 1.11 bits per heavy atom. The van der Waals surface area contributed by atoms with E-state index in [0.717, 1.165) is 11.1 Å². The average molecular weight is 483 g/mol. The number of aryl methyl sites for hydroxylation is 1. The molecule has 0 amide bonds. The summed E-state index contributed by atoms with van der Waals surface area (Å²) < 4.78 is 5.97. The van der Waals surface area contributed by atoms with Gasteiger partial charge in [0.05, 0.1) is 5.56 Å². The zero-order valence-corrected chi connectivity index (χ0v) is 24.2. The molecule has 0 saturated carbocycles. The SMILES string of the molecule is CC(=O)c1cc(C)c(OC(=O)c2cc(C(C)(C)C)c(O)c(C(C)(C)C)c2)c(C(C)(C)C)c1.CCC. The third-order valence-electron chi connectivity index (χ3n) is 5.65. The summed E-state index contributed by atoms with van der Waals surface area (Å²) in [5, 5.41) is 10.9. The summed E-state index contributed by atoms with van der Waals surface area (Å²) in [5.74, 6) is 0.193. The molecule has 0 bridgehead atoms. The van der Waals surface area contributed by atoms with Gasteiger partial charge in [-0.05, 0) is 59.9 Å². The van der Waals surface area contributed by atoms with Crippen molar-refractivity contribution in [2.45, 2.75) is 113 Å². The zero-order chi connectivity index (χ0) is 27.5. The van der Waals surface area contributed by atoms with Crippen LogP contribution in [0.15, 0.2) is 24.3 Å². The Labute approximate surface area is 213 Å². The molecule has 0 heterocycles. The third kappa shape index (κ3) is 7.68. The van der Waals surface area contributed by atoms with Crippen molar-refractivity contribution in [2.24, 2.45) is 0 Å². The zero-order valence-electron chi connectivity index (χ0n) is 24.2. The highest BCUT2D eigenvalue weighted by molar-refractivity contribution is 5.96. The molecule has 2 aromatic rings. The molecule has 0 aliphatic rings. The predicted octanol–water partition coefficient (Wildman–Crippen LogP) is 8.43. The van der Waals surface area contributed by atoms with Crippen molar-refractivity contribution in [3.63, 3.8) is 0 Å². The molecule has 2 rings (SSSR count). The second-order valence-electron chi connectivity index (χ2n) is 12.5. The van der Waals surface area contributed by atoms with Crippen LogP contribution in [-0.4, -0.2) is 16.9 Å². The van der Waals surface area contributed by atoms with Crippen molar-refractivity contribution in [3.8, 4) is 11.5 Å². The van der Waals surface area contributed by atoms with E-state index in [9.17, 15) is 14.7 Å². The first-order chi connectivity index (χ1) is 15.7. The van der Waals surface area contributed by atoms with E-state index in [0.29, 0.717) is 28.0 Å². The molecule has 35 heavy (non-hydrogen) atoms. The predicted molar refractivity (Wildman–Crippen MR) is 146 cm³/mol. The maximum absolute atomic E-state index is 13.4. The minimum Gasteiger partial charge on any atom is -0.507 e. The lowest BCUT2D eigenvalue weighted by molar-refractivity contribution is 0.0730. The Morgan fingerprint density at radius 1 is 0.743 bits per heavy atom. The number of rotatable bonds is 3. The van der Waals surface area contributed by atoms with Gasteiger partial charge in [0, 0.05) is 22.3 Å². The van der Waals surface area contributed by atoms with Crippen LogP contribution in [0, 0.1) is 6.92 Å². The first-order valence-corrected chi connectivity index (χ1v) is 12.5. The van der Waals surface area contributed by atoms with Crippen LogP contribution < -0.4 is 4.74 Å². The van der Waals surface area contributed by atoms with Gasteiger partial charge in [-0.15, -0.1) is 0 Å². The lowest BCUT2D eigenvalue weighted by atomic mass is 9.78. The number of hydrogen-bond donors (Lipinski definition) is 1. The van der Waals surface area contributed by atoms with Gasteiger partial charge in [-0.3, -0.25) is 4.79 Å². The average Bonchev–Trinajstić information content (AvgIpc) is 2.67. The smallest absolute Gasteiger partial charge is 0.343 e. The van der Waals surface area contributed by atoms with Gasteiger partial charge in [0.1, 0.15) is 11.5 Å². The monoisotopic (exact) mass is 482 g/mol. The van der Waals surface area contributed by atoms with Gasteiger partial charge in [0.25, 0.3) is 0 Å². The number of carbonyl (C=O) groups is 2. The fourth-order valence-electron chi connectivity index (χ4n) is 3.72. The summed E-state index contributed by atoms with van der Waals surface area (Å²) in [6, 6.07) is 7.03. The highest BCUT2D eigenvalue weighted by Crippen LogP contribution is 2.41. The minimum atomic E-state index is -0.481. The van der Waals surface area contributed by atoms with Crippen LogP contribution in [0.25, 0.3) is 0 Å². The van der Waals surface area contributed by atoms with Gasteiger partial charge >= 0.3 is 5.97 Å². The van der Waals surface area contributed by atoms with E-state index >= 15 is 0 Å². The van der Waals surface area contributed by atoms with Crippen LogP contribution in [0.1, 0.15) is 132 Å². The van der Waals surface area contributed by atoms with Crippen molar-refractivity contribution in [1.29, 1.82) is 0 Å². The van der Waals surface area contributed by atoms with Crippen LogP contribution in [0.3, 0.4) is 0 Å². The maximum atomic E-state index is 13.4. The lowest BCUT2D eigenvalue weighted by Crippen LogP contribution is -2.21. The number of Topliss-reactive ketones (excluding diaryl/α,β-unsaturated/α-hetero) is 1. The summed E-state index contributed by atoms with van der Waals surface area (Å²) in [5.41, 5.74) is 2.92. The van der Waals surface area contributed by atoms with E-state index in [1.165, 1.54) is 13.3 Å². The summed E-state index contributed by atoms with van der Waals surface area (Å²) in [6.45, 7) is 25.7. The molecular weight excluding hydrogens is 436 g/mol. The fraction of sp³-hybridized carbons (Fsp3) is 0.548. The van der Waals surface area contributed by atoms with Gasteiger partial charge in [-0.2, -0.15) is 0 Å². The Bertz CT molecular complexity index is 1040. The van der Waals surface area contributed by atoms with Crippen molar-refractivity contribution < 1.29 is 19.4 Å².